The first-order valence-electron chi connectivity index (χ1n) is 7.84. The number of carbonyl (C=O) groups is 2. The molecule has 132 valence electrons. The summed E-state index contributed by atoms with van der Waals surface area (Å²) < 4.78 is 5.61. The molecule has 0 aliphatic carbocycles. The minimum absolute atomic E-state index is 0.239. The number of ether oxygens (including phenoxy) is 1. The fraction of sp³-hybridized carbons (Fsp3) is 0.353. The van der Waals surface area contributed by atoms with E-state index in [1.54, 1.807) is 6.08 Å². The Bertz CT molecular complexity index is 757. The quantitative estimate of drug-likeness (QED) is 0.567. The number of morpholine rings is 1. The fourth-order valence-corrected chi connectivity index (χ4v) is 3.99. The van der Waals surface area contributed by atoms with Gasteiger partial charge in [0.2, 0.25) is 0 Å². The molecule has 6 nitrogen and oxygen atoms in total. The maximum Gasteiger partial charge on any atom is 0.266 e. The summed E-state index contributed by atoms with van der Waals surface area (Å²) in [6.07, 6.45) is 1.76. The number of anilines is 1. The first kappa shape index (κ1) is 17.9. The molecule has 2 aliphatic heterocycles. The van der Waals surface area contributed by atoms with Gasteiger partial charge in [-0.1, -0.05) is 30.0 Å². The van der Waals surface area contributed by atoms with Crippen molar-refractivity contribution in [3.05, 3.63) is 34.2 Å². The Morgan fingerprint density at radius 1 is 1.40 bits per heavy atom. The van der Waals surface area contributed by atoms with Gasteiger partial charge in [0, 0.05) is 18.8 Å². The van der Waals surface area contributed by atoms with Gasteiger partial charge in [-0.05, 0) is 36.3 Å². The zero-order chi connectivity index (χ0) is 18.0. The van der Waals surface area contributed by atoms with E-state index in [-0.39, 0.29) is 4.32 Å². The lowest BCUT2D eigenvalue weighted by Gasteiger charge is -2.29. The predicted molar refractivity (Wildman–Crippen MR) is 99.1 cm³/mol. The van der Waals surface area contributed by atoms with Gasteiger partial charge in [-0.25, -0.2) is 0 Å². The third kappa shape index (κ3) is 4.02. The maximum atomic E-state index is 12.3. The van der Waals surface area contributed by atoms with Crippen molar-refractivity contribution in [2.45, 2.75) is 6.92 Å². The molecule has 1 aromatic rings. The van der Waals surface area contributed by atoms with Crippen LogP contribution in [0.15, 0.2) is 23.1 Å². The minimum atomic E-state index is -1.33. The van der Waals surface area contributed by atoms with E-state index in [4.69, 9.17) is 17.0 Å². The molecule has 0 bridgehead atoms. The van der Waals surface area contributed by atoms with Crippen LogP contribution < -0.4 is 10.0 Å². The number of thiocarbonyl (C=S) groups is 1. The van der Waals surface area contributed by atoms with Crippen LogP contribution >= 0.6 is 24.0 Å². The van der Waals surface area contributed by atoms with Gasteiger partial charge in [0.05, 0.1) is 30.6 Å². The number of carbonyl (C=O) groups excluding carboxylic acids is 2. The van der Waals surface area contributed by atoms with Crippen molar-refractivity contribution in [3.8, 4) is 0 Å². The molecule has 2 heterocycles. The van der Waals surface area contributed by atoms with E-state index >= 15 is 0 Å². The van der Waals surface area contributed by atoms with Gasteiger partial charge >= 0.3 is 0 Å². The largest absolute Gasteiger partial charge is 0.548 e. The van der Waals surface area contributed by atoms with Crippen LogP contribution in [0.25, 0.3) is 6.08 Å². The Morgan fingerprint density at radius 3 is 2.76 bits per heavy atom. The SMILES string of the molecule is Cc1cc(N2CCOCC2)ccc1/C=C1\SC(=S)N(CC(=O)[O-])C1=O. The summed E-state index contributed by atoms with van der Waals surface area (Å²) in [6.45, 7) is 4.64. The highest BCUT2D eigenvalue weighted by Gasteiger charge is 2.32. The highest BCUT2D eigenvalue weighted by molar-refractivity contribution is 8.26. The standard InChI is InChI=1S/C17H18N2O4S2/c1-11-8-13(18-4-6-23-7-5-18)3-2-12(11)9-14-16(22)19(10-15(20)21)17(24)25-14/h2-3,8-9H,4-7,10H2,1H3,(H,20,21)/p-1/b14-9-. The molecular weight excluding hydrogens is 360 g/mol. The molecule has 0 aromatic heterocycles. The smallest absolute Gasteiger partial charge is 0.266 e. The molecule has 2 fully saturated rings. The number of hydrogen-bond acceptors (Lipinski definition) is 7. The average Bonchev–Trinajstić information content (AvgIpc) is 2.84. The van der Waals surface area contributed by atoms with E-state index in [1.807, 2.05) is 19.1 Å². The van der Waals surface area contributed by atoms with Gasteiger partial charge < -0.3 is 19.5 Å². The summed E-state index contributed by atoms with van der Waals surface area (Å²) in [7, 11) is 0. The maximum absolute atomic E-state index is 12.3. The zero-order valence-electron chi connectivity index (χ0n) is 13.7. The molecular formula is C17H17N2O4S2-. The third-order valence-electron chi connectivity index (χ3n) is 4.08. The number of thioether (sulfide) groups is 1. The van der Waals surface area contributed by atoms with E-state index in [0.29, 0.717) is 4.91 Å². The molecule has 2 aliphatic rings. The Kier molecular flexibility index (Phi) is 5.41. The average molecular weight is 377 g/mol. The highest BCUT2D eigenvalue weighted by Crippen LogP contribution is 2.33. The summed E-state index contributed by atoms with van der Waals surface area (Å²) in [5, 5.41) is 10.7. The van der Waals surface area contributed by atoms with Crippen LogP contribution in [0.1, 0.15) is 11.1 Å². The highest BCUT2D eigenvalue weighted by atomic mass is 32.2. The lowest BCUT2D eigenvalue weighted by Crippen LogP contribution is -2.40. The number of amides is 1. The van der Waals surface area contributed by atoms with Gasteiger partial charge in [0.15, 0.2) is 0 Å². The molecule has 0 radical (unpaired) electrons. The van der Waals surface area contributed by atoms with Crippen LogP contribution in [0.3, 0.4) is 0 Å². The normalized spacial score (nSPS) is 19.8. The van der Waals surface area contributed by atoms with Crippen molar-refractivity contribution in [2.24, 2.45) is 0 Å². The lowest BCUT2D eigenvalue weighted by atomic mass is 10.1. The van der Waals surface area contributed by atoms with Crippen molar-refractivity contribution in [3.63, 3.8) is 0 Å². The second-order valence-corrected chi connectivity index (χ2v) is 7.46. The lowest BCUT2D eigenvalue weighted by molar-refractivity contribution is -0.305. The van der Waals surface area contributed by atoms with Crippen molar-refractivity contribution in [2.75, 3.05) is 37.7 Å². The van der Waals surface area contributed by atoms with Gasteiger partial charge in [-0.2, -0.15) is 0 Å². The van der Waals surface area contributed by atoms with Crippen LogP contribution in [0.4, 0.5) is 5.69 Å². The molecule has 25 heavy (non-hydrogen) atoms. The number of aliphatic carboxylic acids is 1. The fourth-order valence-electron chi connectivity index (χ4n) is 2.75. The number of benzene rings is 1. The molecule has 0 N–H and O–H groups in total. The molecule has 8 heteroatoms. The number of carboxylic acid groups (broad SMARTS) is 1. The van der Waals surface area contributed by atoms with Crippen LogP contribution in [0.2, 0.25) is 0 Å². The summed E-state index contributed by atoms with van der Waals surface area (Å²) in [5.74, 6) is -1.72. The predicted octanol–water partition coefficient (Wildman–Crippen LogP) is 0.783. The van der Waals surface area contributed by atoms with Crippen LogP contribution in [0.5, 0.6) is 0 Å². The van der Waals surface area contributed by atoms with E-state index in [1.165, 1.54) is 0 Å². The first-order chi connectivity index (χ1) is 12.0. The van der Waals surface area contributed by atoms with E-state index in [9.17, 15) is 14.7 Å². The molecule has 1 aromatic carbocycles. The molecule has 0 spiro atoms. The number of nitrogens with zero attached hydrogens (tertiary/aromatic N) is 2. The van der Waals surface area contributed by atoms with E-state index in [2.05, 4.69) is 11.0 Å². The van der Waals surface area contributed by atoms with Crippen LogP contribution in [0, 0.1) is 6.92 Å². The molecule has 3 rings (SSSR count). The number of hydrogen-bond donors (Lipinski definition) is 0. The summed E-state index contributed by atoms with van der Waals surface area (Å²) in [6, 6.07) is 6.07. The second-order valence-electron chi connectivity index (χ2n) is 5.78. The van der Waals surface area contributed by atoms with Crippen molar-refractivity contribution >= 4 is 51.9 Å². The Balaban J connectivity index is 1.80. The third-order valence-corrected chi connectivity index (χ3v) is 5.45. The number of rotatable bonds is 4. The summed E-state index contributed by atoms with van der Waals surface area (Å²) in [5.41, 5.74) is 3.07. The zero-order valence-corrected chi connectivity index (χ0v) is 15.3. The Labute approximate surface area is 155 Å². The van der Waals surface area contributed by atoms with Gasteiger partial charge in [-0.15, -0.1) is 0 Å². The van der Waals surface area contributed by atoms with Gasteiger partial charge in [-0.3, -0.25) is 9.69 Å². The molecule has 0 atom stereocenters. The van der Waals surface area contributed by atoms with Crippen molar-refractivity contribution in [1.82, 2.24) is 4.90 Å². The van der Waals surface area contributed by atoms with E-state index < -0.39 is 18.4 Å². The number of carboxylic acids is 1. The van der Waals surface area contributed by atoms with Crippen molar-refractivity contribution in [1.29, 1.82) is 0 Å². The van der Waals surface area contributed by atoms with E-state index in [0.717, 1.165) is 59.8 Å². The van der Waals surface area contributed by atoms with Gasteiger partial charge in [0.25, 0.3) is 5.91 Å². The summed E-state index contributed by atoms with van der Waals surface area (Å²) >= 11 is 6.20. The molecule has 2 saturated heterocycles. The molecule has 1 amide bonds. The van der Waals surface area contributed by atoms with Crippen LogP contribution in [-0.4, -0.2) is 53.9 Å². The molecule has 0 saturated carbocycles. The second kappa shape index (κ2) is 7.55. The minimum Gasteiger partial charge on any atom is -0.548 e. The Morgan fingerprint density at radius 2 is 2.12 bits per heavy atom. The Hall–Kier alpha value is -1.90. The van der Waals surface area contributed by atoms with Gasteiger partial charge in [0.1, 0.15) is 4.32 Å². The first-order valence-corrected chi connectivity index (χ1v) is 9.07. The van der Waals surface area contributed by atoms with Crippen molar-refractivity contribution < 1.29 is 19.4 Å². The monoisotopic (exact) mass is 377 g/mol. The molecule has 0 unspecified atom stereocenters. The van der Waals surface area contributed by atoms with Crippen LogP contribution in [-0.2, 0) is 14.3 Å². The number of aryl methyl sites for hydroxylation is 1. The topological polar surface area (TPSA) is 72.9 Å². The summed E-state index contributed by atoms with van der Waals surface area (Å²) in [4.78, 5) is 26.8.